The molecule has 2 N–H and O–H groups in total. The topological polar surface area (TPSA) is 24.1 Å². The van der Waals surface area contributed by atoms with Gasteiger partial charge in [-0.2, -0.15) is 13.2 Å². The predicted molar refractivity (Wildman–Crippen MR) is 49.2 cm³/mol. The molecule has 5 heteroatoms. The van der Waals surface area contributed by atoms with Crippen LogP contribution in [0.1, 0.15) is 25.7 Å². The highest BCUT2D eigenvalue weighted by Crippen LogP contribution is 2.12. The summed E-state index contributed by atoms with van der Waals surface area (Å²) in [5.74, 6) is 0. The Morgan fingerprint density at radius 3 is 2.71 bits per heavy atom. The van der Waals surface area contributed by atoms with Crippen LogP contribution in [0, 0.1) is 0 Å². The van der Waals surface area contributed by atoms with Gasteiger partial charge in [0.1, 0.15) is 0 Å². The molecule has 0 aromatic rings. The lowest BCUT2D eigenvalue weighted by atomic mass is 10.1. The molecule has 1 aliphatic heterocycles. The van der Waals surface area contributed by atoms with Crippen molar-refractivity contribution >= 4 is 0 Å². The van der Waals surface area contributed by atoms with Gasteiger partial charge in [-0.1, -0.05) is 12.8 Å². The van der Waals surface area contributed by atoms with Crippen LogP contribution in [0.25, 0.3) is 0 Å². The zero-order valence-corrected chi connectivity index (χ0v) is 8.16. The average molecular weight is 210 g/mol. The second kappa shape index (κ2) is 5.56. The molecule has 0 aromatic heterocycles. The van der Waals surface area contributed by atoms with E-state index >= 15 is 0 Å². The summed E-state index contributed by atoms with van der Waals surface area (Å²) >= 11 is 0. The van der Waals surface area contributed by atoms with Gasteiger partial charge < -0.3 is 10.6 Å². The van der Waals surface area contributed by atoms with Gasteiger partial charge in [0, 0.05) is 12.6 Å². The summed E-state index contributed by atoms with van der Waals surface area (Å²) in [7, 11) is 0. The summed E-state index contributed by atoms with van der Waals surface area (Å²) in [4.78, 5) is 0. The lowest BCUT2D eigenvalue weighted by molar-refractivity contribution is -0.124. The van der Waals surface area contributed by atoms with E-state index in [0.717, 1.165) is 25.8 Å². The fraction of sp³-hybridized carbons (Fsp3) is 1.00. The molecule has 0 amide bonds. The first-order valence-corrected chi connectivity index (χ1v) is 5.09. The van der Waals surface area contributed by atoms with Gasteiger partial charge in [0.2, 0.25) is 0 Å². The first-order valence-electron chi connectivity index (χ1n) is 5.09. The standard InChI is InChI=1S/C9H17F3N2/c10-9(11,12)7-13-6-8-4-2-1-3-5-14-8/h8,13-14H,1-7H2. The molecule has 1 saturated heterocycles. The molecule has 2 nitrogen and oxygen atoms in total. The molecule has 0 bridgehead atoms. The molecule has 1 unspecified atom stereocenters. The van der Waals surface area contributed by atoms with E-state index < -0.39 is 12.7 Å². The molecule has 0 radical (unpaired) electrons. The molecular formula is C9H17F3N2. The van der Waals surface area contributed by atoms with Crippen molar-refractivity contribution < 1.29 is 13.2 Å². The van der Waals surface area contributed by atoms with Crippen LogP contribution in [0.2, 0.25) is 0 Å². The van der Waals surface area contributed by atoms with Crippen LogP contribution >= 0.6 is 0 Å². The highest BCUT2D eigenvalue weighted by atomic mass is 19.4. The third-order valence-electron chi connectivity index (χ3n) is 2.38. The summed E-state index contributed by atoms with van der Waals surface area (Å²) < 4.78 is 35.4. The Kier molecular flexibility index (Phi) is 4.68. The van der Waals surface area contributed by atoms with Crippen LogP contribution in [0.15, 0.2) is 0 Å². The number of hydrogen-bond donors (Lipinski definition) is 2. The molecule has 14 heavy (non-hydrogen) atoms. The van der Waals surface area contributed by atoms with Crippen molar-refractivity contribution in [2.24, 2.45) is 0 Å². The van der Waals surface area contributed by atoms with E-state index in [9.17, 15) is 13.2 Å². The Labute approximate surface area is 82.2 Å². The normalized spacial score (nSPS) is 24.6. The molecule has 0 aromatic carbocycles. The van der Waals surface area contributed by atoms with Gasteiger partial charge in [-0.05, 0) is 19.4 Å². The minimum atomic E-state index is -4.09. The molecule has 1 heterocycles. The zero-order chi connectivity index (χ0) is 10.4. The minimum absolute atomic E-state index is 0.208. The van der Waals surface area contributed by atoms with Crippen molar-refractivity contribution in [1.82, 2.24) is 10.6 Å². The Bertz CT molecular complexity index is 151. The maximum absolute atomic E-state index is 11.8. The van der Waals surface area contributed by atoms with Gasteiger partial charge in [0.05, 0.1) is 6.54 Å². The van der Waals surface area contributed by atoms with Crippen LogP contribution in [0.4, 0.5) is 13.2 Å². The summed E-state index contributed by atoms with van der Waals surface area (Å²) in [5.41, 5.74) is 0. The molecule has 0 spiro atoms. The second-order valence-electron chi connectivity index (χ2n) is 3.75. The van der Waals surface area contributed by atoms with Crippen molar-refractivity contribution in [1.29, 1.82) is 0 Å². The van der Waals surface area contributed by atoms with Crippen LogP contribution < -0.4 is 10.6 Å². The van der Waals surface area contributed by atoms with Crippen LogP contribution in [-0.4, -0.2) is 31.9 Å². The van der Waals surface area contributed by atoms with Gasteiger partial charge in [0.15, 0.2) is 0 Å². The summed E-state index contributed by atoms with van der Waals surface area (Å²) in [6, 6.07) is 0.208. The van der Waals surface area contributed by atoms with E-state index in [4.69, 9.17) is 0 Å². The van der Waals surface area contributed by atoms with E-state index in [0.29, 0.717) is 6.54 Å². The summed E-state index contributed by atoms with van der Waals surface area (Å²) in [5, 5.41) is 5.67. The maximum atomic E-state index is 11.8. The first kappa shape index (κ1) is 11.8. The number of nitrogens with one attached hydrogen (secondary N) is 2. The Balaban J connectivity index is 2.10. The average Bonchev–Trinajstić information content (AvgIpc) is 2.30. The monoisotopic (exact) mass is 210 g/mol. The predicted octanol–water partition coefficient (Wildman–Crippen LogP) is 1.67. The van der Waals surface area contributed by atoms with Crippen LogP contribution in [0.3, 0.4) is 0 Å². The molecule has 1 atom stereocenters. The largest absolute Gasteiger partial charge is 0.401 e. The Hall–Kier alpha value is -0.290. The van der Waals surface area contributed by atoms with Crippen molar-refractivity contribution in [3.63, 3.8) is 0 Å². The third kappa shape index (κ3) is 5.44. The van der Waals surface area contributed by atoms with E-state index in [1.54, 1.807) is 0 Å². The lowest BCUT2D eigenvalue weighted by Crippen LogP contribution is -2.41. The highest BCUT2D eigenvalue weighted by molar-refractivity contribution is 4.73. The van der Waals surface area contributed by atoms with Gasteiger partial charge in [-0.3, -0.25) is 0 Å². The van der Waals surface area contributed by atoms with E-state index in [1.165, 1.54) is 6.42 Å². The quantitative estimate of drug-likeness (QED) is 0.740. The summed E-state index contributed by atoms with van der Waals surface area (Å²) in [6.45, 7) is 0.461. The van der Waals surface area contributed by atoms with Crippen LogP contribution in [0.5, 0.6) is 0 Å². The van der Waals surface area contributed by atoms with E-state index in [-0.39, 0.29) is 6.04 Å². The van der Waals surface area contributed by atoms with Gasteiger partial charge >= 0.3 is 6.18 Å². The fourth-order valence-corrected chi connectivity index (χ4v) is 1.66. The van der Waals surface area contributed by atoms with E-state index in [2.05, 4.69) is 10.6 Å². The smallest absolute Gasteiger partial charge is 0.313 e. The molecule has 84 valence electrons. The maximum Gasteiger partial charge on any atom is 0.401 e. The van der Waals surface area contributed by atoms with Crippen molar-refractivity contribution in [2.45, 2.75) is 37.9 Å². The molecule has 1 rings (SSSR count). The Morgan fingerprint density at radius 1 is 1.21 bits per heavy atom. The number of hydrogen-bond acceptors (Lipinski definition) is 2. The lowest BCUT2D eigenvalue weighted by Gasteiger charge is -2.17. The molecule has 0 saturated carbocycles. The van der Waals surface area contributed by atoms with Crippen LogP contribution in [-0.2, 0) is 0 Å². The molecule has 1 fully saturated rings. The van der Waals surface area contributed by atoms with Gasteiger partial charge in [-0.15, -0.1) is 0 Å². The number of alkyl halides is 3. The van der Waals surface area contributed by atoms with Crippen molar-refractivity contribution in [2.75, 3.05) is 19.6 Å². The number of rotatable bonds is 3. The highest BCUT2D eigenvalue weighted by Gasteiger charge is 2.26. The molecule has 1 aliphatic rings. The minimum Gasteiger partial charge on any atom is -0.313 e. The third-order valence-corrected chi connectivity index (χ3v) is 2.38. The fourth-order valence-electron chi connectivity index (χ4n) is 1.66. The number of halogens is 3. The zero-order valence-electron chi connectivity index (χ0n) is 8.16. The van der Waals surface area contributed by atoms with Crippen molar-refractivity contribution in [3.05, 3.63) is 0 Å². The molecule has 0 aliphatic carbocycles. The summed E-state index contributed by atoms with van der Waals surface area (Å²) in [6.07, 6.45) is 0.319. The van der Waals surface area contributed by atoms with Gasteiger partial charge in [0.25, 0.3) is 0 Å². The SMILES string of the molecule is FC(F)(F)CNCC1CCCCCN1. The van der Waals surface area contributed by atoms with Crippen molar-refractivity contribution in [3.8, 4) is 0 Å². The first-order chi connectivity index (χ1) is 6.58. The Morgan fingerprint density at radius 2 is 2.00 bits per heavy atom. The van der Waals surface area contributed by atoms with Gasteiger partial charge in [-0.25, -0.2) is 0 Å². The van der Waals surface area contributed by atoms with E-state index in [1.807, 2.05) is 0 Å². The molecular weight excluding hydrogens is 193 g/mol. The second-order valence-corrected chi connectivity index (χ2v) is 3.75.